The monoisotopic (exact) mass is 242 g/mol. The van der Waals surface area contributed by atoms with Crippen LogP contribution in [0.1, 0.15) is 6.92 Å². The fourth-order valence-corrected chi connectivity index (χ4v) is 3.02. The van der Waals surface area contributed by atoms with Crippen molar-refractivity contribution < 1.29 is 8.42 Å². The number of nitrogens with zero attached hydrogens (tertiary/aromatic N) is 3. The molecule has 0 radical (unpaired) electrons. The van der Waals surface area contributed by atoms with E-state index in [9.17, 15) is 8.42 Å². The summed E-state index contributed by atoms with van der Waals surface area (Å²) in [5, 5.41) is 3.07. The van der Waals surface area contributed by atoms with Gasteiger partial charge in [-0.25, -0.2) is 18.4 Å². The molecule has 1 N–H and O–H groups in total. The molecule has 1 aromatic heterocycles. The molecule has 2 heterocycles. The number of rotatable bonds is 2. The fourth-order valence-electron chi connectivity index (χ4n) is 1.65. The molecule has 1 atom stereocenters. The lowest BCUT2D eigenvalue weighted by Crippen LogP contribution is -2.51. The van der Waals surface area contributed by atoms with Gasteiger partial charge in [-0.05, 0) is 13.0 Å². The Morgan fingerprint density at radius 1 is 1.44 bits per heavy atom. The van der Waals surface area contributed by atoms with Gasteiger partial charge in [0, 0.05) is 38.1 Å². The van der Waals surface area contributed by atoms with Crippen LogP contribution in [0.4, 0.5) is 0 Å². The minimum absolute atomic E-state index is 0.121. The summed E-state index contributed by atoms with van der Waals surface area (Å²) in [7, 11) is -3.52. The molecule has 16 heavy (non-hydrogen) atoms. The van der Waals surface area contributed by atoms with Crippen LogP contribution in [0.5, 0.6) is 0 Å². The van der Waals surface area contributed by atoms with Crippen LogP contribution >= 0.6 is 0 Å². The molecule has 1 aromatic rings. The van der Waals surface area contributed by atoms with E-state index in [1.54, 1.807) is 6.07 Å². The number of hydrogen-bond acceptors (Lipinski definition) is 5. The summed E-state index contributed by atoms with van der Waals surface area (Å²) < 4.78 is 25.6. The Morgan fingerprint density at radius 2 is 2.12 bits per heavy atom. The molecule has 0 bridgehead atoms. The first-order valence-electron chi connectivity index (χ1n) is 5.11. The zero-order valence-corrected chi connectivity index (χ0v) is 9.81. The van der Waals surface area contributed by atoms with Crippen molar-refractivity contribution in [2.24, 2.45) is 0 Å². The molecule has 1 fully saturated rings. The first kappa shape index (κ1) is 11.4. The van der Waals surface area contributed by atoms with E-state index in [-0.39, 0.29) is 11.2 Å². The van der Waals surface area contributed by atoms with E-state index in [0.29, 0.717) is 19.6 Å². The summed E-state index contributed by atoms with van der Waals surface area (Å²) in [6.07, 6.45) is 2.87. The number of hydrogen-bond donors (Lipinski definition) is 1. The molecule has 88 valence electrons. The molecule has 1 aliphatic rings. The molecular formula is C9H14N4O2S. The molecule has 0 saturated carbocycles. The van der Waals surface area contributed by atoms with E-state index in [2.05, 4.69) is 15.3 Å². The highest BCUT2D eigenvalue weighted by atomic mass is 32.2. The number of nitrogens with one attached hydrogen (secondary N) is 1. The first-order valence-corrected chi connectivity index (χ1v) is 6.55. The fraction of sp³-hybridized carbons (Fsp3) is 0.556. The quantitative estimate of drug-likeness (QED) is 0.705. The Balaban J connectivity index is 2.26. The minimum atomic E-state index is -3.52. The van der Waals surface area contributed by atoms with Gasteiger partial charge in [0.05, 0.1) is 0 Å². The van der Waals surface area contributed by atoms with Crippen molar-refractivity contribution in [2.75, 3.05) is 19.6 Å². The molecular weight excluding hydrogens is 228 g/mol. The zero-order valence-electron chi connectivity index (χ0n) is 9.00. The molecule has 2 rings (SSSR count). The van der Waals surface area contributed by atoms with Crippen molar-refractivity contribution in [1.29, 1.82) is 0 Å². The standard InChI is InChI=1S/C9H14N4O2S/c1-8-7-13(6-5-10-8)16(14,15)9-11-3-2-4-12-9/h2-4,8,10H,5-7H2,1H3/t8-/m0/s1. The van der Waals surface area contributed by atoms with Gasteiger partial charge in [-0.3, -0.25) is 0 Å². The van der Waals surface area contributed by atoms with Gasteiger partial charge in [-0.2, -0.15) is 4.31 Å². The molecule has 0 aromatic carbocycles. The largest absolute Gasteiger partial charge is 0.312 e. The summed E-state index contributed by atoms with van der Waals surface area (Å²) >= 11 is 0. The van der Waals surface area contributed by atoms with Gasteiger partial charge in [-0.15, -0.1) is 0 Å². The van der Waals surface area contributed by atoms with Crippen molar-refractivity contribution in [3.05, 3.63) is 18.5 Å². The Labute approximate surface area is 94.8 Å². The predicted octanol–water partition coefficient (Wildman–Crippen LogP) is -0.541. The lowest BCUT2D eigenvalue weighted by atomic mass is 10.3. The van der Waals surface area contributed by atoms with Gasteiger partial charge in [0.25, 0.3) is 15.2 Å². The van der Waals surface area contributed by atoms with Gasteiger partial charge >= 0.3 is 0 Å². The lowest BCUT2D eigenvalue weighted by molar-refractivity contribution is 0.308. The van der Waals surface area contributed by atoms with E-state index in [1.807, 2.05) is 6.92 Å². The second-order valence-electron chi connectivity index (χ2n) is 3.75. The highest BCUT2D eigenvalue weighted by Crippen LogP contribution is 2.12. The maximum absolute atomic E-state index is 12.1. The van der Waals surface area contributed by atoms with Crippen LogP contribution in [-0.2, 0) is 10.0 Å². The van der Waals surface area contributed by atoms with Gasteiger partial charge in [0.1, 0.15) is 0 Å². The molecule has 0 unspecified atom stereocenters. The van der Waals surface area contributed by atoms with Crippen LogP contribution < -0.4 is 5.32 Å². The van der Waals surface area contributed by atoms with Crippen LogP contribution in [0.3, 0.4) is 0 Å². The number of sulfonamides is 1. The summed E-state index contributed by atoms with van der Waals surface area (Å²) in [4.78, 5) is 7.58. The van der Waals surface area contributed by atoms with Crippen molar-refractivity contribution >= 4 is 10.0 Å². The van der Waals surface area contributed by atoms with Gasteiger partial charge < -0.3 is 5.32 Å². The summed E-state index contributed by atoms with van der Waals surface area (Å²) in [6.45, 7) is 3.53. The van der Waals surface area contributed by atoms with E-state index in [1.165, 1.54) is 16.7 Å². The third-order valence-corrected chi connectivity index (χ3v) is 4.13. The predicted molar refractivity (Wildman–Crippen MR) is 58.3 cm³/mol. The van der Waals surface area contributed by atoms with Crippen LogP contribution in [0.25, 0.3) is 0 Å². The van der Waals surface area contributed by atoms with Crippen LogP contribution in [-0.4, -0.2) is 48.4 Å². The highest BCUT2D eigenvalue weighted by Gasteiger charge is 2.30. The second-order valence-corrected chi connectivity index (χ2v) is 5.58. The smallest absolute Gasteiger partial charge is 0.278 e. The Kier molecular flexibility index (Phi) is 3.17. The highest BCUT2D eigenvalue weighted by molar-refractivity contribution is 7.88. The maximum atomic E-state index is 12.1. The van der Waals surface area contributed by atoms with Crippen molar-refractivity contribution in [3.63, 3.8) is 0 Å². The average Bonchev–Trinajstić information content (AvgIpc) is 2.30. The number of aromatic nitrogens is 2. The molecule has 0 aliphatic carbocycles. The van der Waals surface area contributed by atoms with E-state index < -0.39 is 10.0 Å². The minimum Gasteiger partial charge on any atom is -0.312 e. The second kappa shape index (κ2) is 4.44. The van der Waals surface area contributed by atoms with Gasteiger partial charge in [0.15, 0.2) is 0 Å². The first-order chi connectivity index (χ1) is 7.60. The Bertz CT molecular complexity index is 448. The lowest BCUT2D eigenvalue weighted by Gasteiger charge is -2.30. The molecule has 1 aliphatic heterocycles. The van der Waals surface area contributed by atoms with Crippen LogP contribution in [0.2, 0.25) is 0 Å². The normalized spacial score (nSPS) is 23.2. The number of piperazine rings is 1. The average molecular weight is 242 g/mol. The van der Waals surface area contributed by atoms with E-state index >= 15 is 0 Å². The van der Waals surface area contributed by atoms with Crippen LogP contribution in [0, 0.1) is 0 Å². The van der Waals surface area contributed by atoms with Crippen LogP contribution in [0.15, 0.2) is 23.6 Å². The summed E-state index contributed by atoms with van der Waals surface area (Å²) in [5.41, 5.74) is 0. The van der Waals surface area contributed by atoms with Crippen molar-refractivity contribution in [1.82, 2.24) is 19.6 Å². The zero-order chi connectivity index (χ0) is 11.6. The van der Waals surface area contributed by atoms with Crippen molar-refractivity contribution in [2.45, 2.75) is 18.1 Å². The molecule has 1 saturated heterocycles. The molecule has 7 heteroatoms. The van der Waals surface area contributed by atoms with Crippen molar-refractivity contribution in [3.8, 4) is 0 Å². The topological polar surface area (TPSA) is 75.2 Å². The van der Waals surface area contributed by atoms with Gasteiger partial charge in [0.2, 0.25) is 0 Å². The third kappa shape index (κ3) is 2.21. The van der Waals surface area contributed by atoms with Gasteiger partial charge in [-0.1, -0.05) is 0 Å². The van der Waals surface area contributed by atoms with E-state index in [0.717, 1.165) is 0 Å². The Morgan fingerprint density at radius 3 is 2.75 bits per heavy atom. The molecule has 0 spiro atoms. The summed E-state index contributed by atoms with van der Waals surface area (Å²) in [6, 6.07) is 1.76. The molecule has 6 nitrogen and oxygen atoms in total. The maximum Gasteiger partial charge on any atom is 0.278 e. The molecule has 0 amide bonds. The van der Waals surface area contributed by atoms with E-state index in [4.69, 9.17) is 0 Å². The summed E-state index contributed by atoms with van der Waals surface area (Å²) in [5.74, 6) is 0. The Hall–Kier alpha value is -1.05. The third-order valence-electron chi connectivity index (χ3n) is 2.44. The SMILES string of the molecule is C[C@H]1CN(S(=O)(=O)c2ncccn2)CCN1.